The van der Waals surface area contributed by atoms with Gasteiger partial charge >= 0.3 is 0 Å². The Kier molecular flexibility index (Phi) is 7.34. The number of hydrogen-bond acceptors (Lipinski definition) is 2. The summed E-state index contributed by atoms with van der Waals surface area (Å²) in [4.78, 5) is 4.35. The van der Waals surface area contributed by atoms with Gasteiger partial charge in [0, 0.05) is 11.6 Å². The highest BCUT2D eigenvalue weighted by molar-refractivity contribution is 5.97. The van der Waals surface area contributed by atoms with Crippen molar-refractivity contribution in [1.82, 2.24) is 0 Å². The quantitative estimate of drug-likeness (QED) is 0.416. The summed E-state index contributed by atoms with van der Waals surface area (Å²) in [5, 5.41) is 0. The Balaban J connectivity index is 1.66. The SMILES string of the molecule is CC(C)N=C(N)c1ccc(OCCCCCc2ccccc2)cc1. The Morgan fingerprint density at radius 3 is 2.33 bits per heavy atom. The smallest absolute Gasteiger partial charge is 0.125 e. The number of aliphatic imine (C=N–C) groups is 1. The number of ether oxygens (including phenoxy) is 1. The molecule has 3 nitrogen and oxygen atoms in total. The average Bonchev–Trinajstić information content (AvgIpc) is 2.59. The zero-order chi connectivity index (χ0) is 17.2. The minimum Gasteiger partial charge on any atom is -0.494 e. The van der Waals surface area contributed by atoms with Gasteiger partial charge in [-0.3, -0.25) is 4.99 Å². The van der Waals surface area contributed by atoms with E-state index >= 15 is 0 Å². The number of nitrogens with two attached hydrogens (primary N) is 1. The molecule has 0 radical (unpaired) electrons. The van der Waals surface area contributed by atoms with Crippen LogP contribution in [0.2, 0.25) is 0 Å². The lowest BCUT2D eigenvalue weighted by Crippen LogP contribution is -2.15. The van der Waals surface area contributed by atoms with E-state index in [1.54, 1.807) is 0 Å². The van der Waals surface area contributed by atoms with Gasteiger partial charge in [-0.25, -0.2) is 0 Å². The fraction of sp³-hybridized carbons (Fsp3) is 0.381. The van der Waals surface area contributed by atoms with Gasteiger partial charge in [0.2, 0.25) is 0 Å². The van der Waals surface area contributed by atoms with Crippen LogP contribution in [0.4, 0.5) is 0 Å². The molecule has 0 unspecified atom stereocenters. The van der Waals surface area contributed by atoms with Crippen molar-refractivity contribution in [3.05, 3.63) is 65.7 Å². The van der Waals surface area contributed by atoms with Crippen LogP contribution in [-0.4, -0.2) is 18.5 Å². The molecule has 0 aliphatic heterocycles. The second-order valence-corrected chi connectivity index (χ2v) is 6.28. The molecule has 0 heterocycles. The highest BCUT2D eigenvalue weighted by atomic mass is 16.5. The molecular formula is C21H28N2O. The van der Waals surface area contributed by atoms with Gasteiger partial charge < -0.3 is 10.5 Å². The fourth-order valence-electron chi connectivity index (χ4n) is 2.52. The maximum absolute atomic E-state index is 5.96. The molecule has 3 heteroatoms. The van der Waals surface area contributed by atoms with E-state index in [2.05, 4.69) is 35.3 Å². The molecular weight excluding hydrogens is 296 g/mol. The molecule has 0 saturated carbocycles. The molecule has 0 spiro atoms. The molecule has 0 amide bonds. The number of rotatable bonds is 9. The summed E-state index contributed by atoms with van der Waals surface area (Å²) in [5.74, 6) is 1.47. The van der Waals surface area contributed by atoms with Crippen molar-refractivity contribution in [2.45, 2.75) is 45.6 Å². The minimum absolute atomic E-state index is 0.205. The molecule has 128 valence electrons. The number of hydrogen-bond donors (Lipinski definition) is 1. The van der Waals surface area contributed by atoms with Gasteiger partial charge in [0.25, 0.3) is 0 Å². The van der Waals surface area contributed by atoms with Crippen LogP contribution in [0.3, 0.4) is 0 Å². The third-order valence-corrected chi connectivity index (χ3v) is 3.77. The first-order valence-corrected chi connectivity index (χ1v) is 8.75. The van der Waals surface area contributed by atoms with Gasteiger partial charge in [0.05, 0.1) is 6.61 Å². The van der Waals surface area contributed by atoms with Gasteiger partial charge in [-0.15, -0.1) is 0 Å². The van der Waals surface area contributed by atoms with Crippen LogP contribution < -0.4 is 10.5 Å². The first-order chi connectivity index (χ1) is 11.6. The highest BCUT2D eigenvalue weighted by Gasteiger charge is 2.01. The first-order valence-electron chi connectivity index (χ1n) is 8.75. The molecule has 0 atom stereocenters. The Morgan fingerprint density at radius 1 is 0.958 bits per heavy atom. The van der Waals surface area contributed by atoms with Gasteiger partial charge in [0.15, 0.2) is 0 Å². The van der Waals surface area contributed by atoms with Crippen molar-refractivity contribution < 1.29 is 4.74 Å². The van der Waals surface area contributed by atoms with E-state index in [1.807, 2.05) is 38.1 Å². The second-order valence-electron chi connectivity index (χ2n) is 6.28. The summed E-state index contributed by atoms with van der Waals surface area (Å²) in [6.07, 6.45) is 4.60. The molecule has 2 aromatic rings. The summed E-state index contributed by atoms with van der Waals surface area (Å²) in [7, 11) is 0. The van der Waals surface area contributed by atoms with E-state index in [9.17, 15) is 0 Å². The zero-order valence-corrected chi connectivity index (χ0v) is 14.7. The maximum atomic E-state index is 5.96. The van der Waals surface area contributed by atoms with Gasteiger partial charge in [0.1, 0.15) is 11.6 Å². The molecule has 2 aromatic carbocycles. The fourth-order valence-corrected chi connectivity index (χ4v) is 2.52. The Labute approximate surface area is 145 Å². The third-order valence-electron chi connectivity index (χ3n) is 3.77. The summed E-state index contributed by atoms with van der Waals surface area (Å²) >= 11 is 0. The molecule has 2 rings (SSSR count). The second kappa shape index (κ2) is 9.76. The summed E-state index contributed by atoms with van der Waals surface area (Å²) in [6.45, 7) is 4.79. The topological polar surface area (TPSA) is 47.6 Å². The lowest BCUT2D eigenvalue weighted by atomic mass is 10.1. The molecule has 2 N–H and O–H groups in total. The summed E-state index contributed by atoms with van der Waals surface area (Å²) in [6, 6.07) is 18.7. The van der Waals surface area contributed by atoms with Crippen LogP contribution in [0.25, 0.3) is 0 Å². The summed E-state index contributed by atoms with van der Waals surface area (Å²) < 4.78 is 5.79. The highest BCUT2D eigenvalue weighted by Crippen LogP contribution is 2.13. The average molecular weight is 324 g/mol. The predicted octanol–water partition coefficient (Wildman–Crippen LogP) is 4.59. The van der Waals surface area contributed by atoms with Crippen molar-refractivity contribution in [3.63, 3.8) is 0 Å². The monoisotopic (exact) mass is 324 g/mol. The van der Waals surface area contributed by atoms with Gasteiger partial charge in [-0.2, -0.15) is 0 Å². The van der Waals surface area contributed by atoms with Crippen molar-refractivity contribution in [2.75, 3.05) is 6.61 Å². The van der Waals surface area contributed by atoms with Crippen LogP contribution >= 0.6 is 0 Å². The number of benzene rings is 2. The molecule has 24 heavy (non-hydrogen) atoms. The molecule has 0 aliphatic rings. The lowest BCUT2D eigenvalue weighted by Gasteiger charge is -2.08. The third kappa shape index (κ3) is 6.45. The number of aryl methyl sites for hydroxylation is 1. The van der Waals surface area contributed by atoms with E-state index in [-0.39, 0.29) is 6.04 Å². The van der Waals surface area contributed by atoms with E-state index in [0.29, 0.717) is 5.84 Å². The maximum Gasteiger partial charge on any atom is 0.125 e. The van der Waals surface area contributed by atoms with Crippen molar-refractivity contribution >= 4 is 5.84 Å². The molecule has 0 fully saturated rings. The summed E-state index contributed by atoms with van der Waals surface area (Å²) in [5.41, 5.74) is 8.31. The van der Waals surface area contributed by atoms with Crippen LogP contribution in [0.5, 0.6) is 5.75 Å². The molecule has 0 bridgehead atoms. The van der Waals surface area contributed by atoms with E-state index in [4.69, 9.17) is 10.5 Å². The minimum atomic E-state index is 0.205. The van der Waals surface area contributed by atoms with Crippen LogP contribution in [0.15, 0.2) is 59.6 Å². The number of nitrogens with zero attached hydrogens (tertiary/aromatic N) is 1. The van der Waals surface area contributed by atoms with E-state index < -0.39 is 0 Å². The van der Waals surface area contributed by atoms with Crippen LogP contribution in [0, 0.1) is 0 Å². The number of amidine groups is 1. The van der Waals surface area contributed by atoms with Crippen LogP contribution in [0.1, 0.15) is 44.2 Å². The molecule has 0 aromatic heterocycles. The van der Waals surface area contributed by atoms with Crippen molar-refractivity contribution in [2.24, 2.45) is 10.7 Å². The lowest BCUT2D eigenvalue weighted by molar-refractivity contribution is 0.305. The largest absolute Gasteiger partial charge is 0.494 e. The number of unbranched alkanes of at least 4 members (excludes halogenated alkanes) is 2. The van der Waals surface area contributed by atoms with E-state index in [0.717, 1.165) is 30.8 Å². The Hall–Kier alpha value is -2.29. The molecule has 0 aliphatic carbocycles. The predicted molar refractivity (Wildman–Crippen MR) is 102 cm³/mol. The van der Waals surface area contributed by atoms with Crippen molar-refractivity contribution in [3.8, 4) is 5.75 Å². The zero-order valence-electron chi connectivity index (χ0n) is 14.7. The first kappa shape index (κ1) is 18.1. The Bertz CT molecular complexity index is 618. The van der Waals surface area contributed by atoms with E-state index in [1.165, 1.54) is 18.4 Å². The van der Waals surface area contributed by atoms with Gasteiger partial charge in [-0.05, 0) is 69.4 Å². The van der Waals surface area contributed by atoms with Crippen LogP contribution in [-0.2, 0) is 6.42 Å². The standard InChI is InChI=1S/C21H28N2O/c1-17(2)23-21(22)19-12-14-20(15-13-19)24-16-8-4-7-11-18-9-5-3-6-10-18/h3,5-6,9-10,12-15,17H,4,7-8,11,16H2,1-2H3,(H2,22,23). The van der Waals surface area contributed by atoms with Crippen molar-refractivity contribution in [1.29, 1.82) is 0 Å². The Morgan fingerprint density at radius 2 is 1.67 bits per heavy atom. The van der Waals surface area contributed by atoms with Gasteiger partial charge in [-0.1, -0.05) is 30.3 Å². The normalized spacial score (nSPS) is 11.7. The molecule has 0 saturated heterocycles.